The van der Waals surface area contributed by atoms with Crippen LogP contribution in [0.2, 0.25) is 0 Å². The summed E-state index contributed by atoms with van der Waals surface area (Å²) in [7, 11) is 1.67. The summed E-state index contributed by atoms with van der Waals surface area (Å²) in [5.74, 6) is 1.63. The number of para-hydroxylation sites is 1. The molecular weight excluding hydrogens is 380 g/mol. The Kier molecular flexibility index (Phi) is 5.97. The lowest BCUT2D eigenvalue weighted by Crippen LogP contribution is -2.48. The molecule has 3 aromatic rings. The first-order chi connectivity index (χ1) is 14.6. The molecule has 0 bridgehead atoms. The van der Waals surface area contributed by atoms with Crippen molar-refractivity contribution in [2.75, 3.05) is 38.2 Å². The number of ether oxygens (including phenoxy) is 1. The third-order valence-corrected chi connectivity index (χ3v) is 5.52. The Bertz CT molecular complexity index is 1090. The van der Waals surface area contributed by atoms with E-state index in [0.29, 0.717) is 49.1 Å². The molecule has 1 saturated heterocycles. The molecule has 1 fully saturated rings. The highest BCUT2D eigenvalue weighted by Crippen LogP contribution is 2.22. The second-order valence-electron chi connectivity index (χ2n) is 7.45. The standard InChI is InChI=1S/C23H26N4O3/c1-30-18-7-4-6-17(16-18)26-12-14-27(15-13-26)22(28)11-5-10-21-24-20-9-3-2-8-19(20)23(29)25-21/h2-4,6-9,16H,5,10-15H2,1H3,(H,24,25,29). The Balaban J connectivity index is 1.28. The van der Waals surface area contributed by atoms with Crippen LogP contribution in [0.15, 0.2) is 53.3 Å². The van der Waals surface area contributed by atoms with Crippen LogP contribution in [0, 0.1) is 0 Å². The maximum absolute atomic E-state index is 12.6. The molecule has 0 unspecified atom stereocenters. The van der Waals surface area contributed by atoms with Gasteiger partial charge in [0.1, 0.15) is 11.6 Å². The van der Waals surface area contributed by atoms with E-state index in [0.717, 1.165) is 24.5 Å². The number of H-pyrrole nitrogens is 1. The van der Waals surface area contributed by atoms with Crippen molar-refractivity contribution in [2.45, 2.75) is 19.3 Å². The molecule has 1 N–H and O–H groups in total. The number of carbonyl (C=O) groups excluding carboxylic acids is 1. The lowest BCUT2D eigenvalue weighted by molar-refractivity contribution is -0.131. The monoisotopic (exact) mass is 406 g/mol. The number of hydrogen-bond donors (Lipinski definition) is 1. The minimum Gasteiger partial charge on any atom is -0.497 e. The maximum Gasteiger partial charge on any atom is 0.258 e. The Morgan fingerprint density at radius 3 is 2.70 bits per heavy atom. The van der Waals surface area contributed by atoms with Gasteiger partial charge < -0.3 is 19.5 Å². The van der Waals surface area contributed by atoms with Crippen molar-refractivity contribution >= 4 is 22.5 Å². The lowest BCUT2D eigenvalue weighted by Gasteiger charge is -2.36. The molecule has 1 amide bonds. The van der Waals surface area contributed by atoms with Crippen molar-refractivity contribution in [1.82, 2.24) is 14.9 Å². The lowest BCUT2D eigenvalue weighted by atomic mass is 10.1. The second-order valence-corrected chi connectivity index (χ2v) is 7.45. The first-order valence-corrected chi connectivity index (χ1v) is 10.3. The summed E-state index contributed by atoms with van der Waals surface area (Å²) < 4.78 is 5.30. The number of nitrogens with zero attached hydrogens (tertiary/aromatic N) is 3. The van der Waals surface area contributed by atoms with Crippen molar-refractivity contribution < 1.29 is 9.53 Å². The van der Waals surface area contributed by atoms with E-state index in [1.165, 1.54) is 0 Å². The number of anilines is 1. The summed E-state index contributed by atoms with van der Waals surface area (Å²) >= 11 is 0. The first kappa shape index (κ1) is 19.9. The van der Waals surface area contributed by atoms with Crippen LogP contribution >= 0.6 is 0 Å². The van der Waals surface area contributed by atoms with Crippen LogP contribution in [0.3, 0.4) is 0 Å². The number of methoxy groups -OCH3 is 1. The van der Waals surface area contributed by atoms with Gasteiger partial charge in [-0.25, -0.2) is 4.98 Å². The summed E-state index contributed by atoms with van der Waals surface area (Å²) in [4.78, 5) is 36.3. The number of fused-ring (bicyclic) bond motifs is 1. The van der Waals surface area contributed by atoms with Crippen LogP contribution < -0.4 is 15.2 Å². The number of piperazine rings is 1. The van der Waals surface area contributed by atoms with Gasteiger partial charge in [0.25, 0.3) is 5.56 Å². The van der Waals surface area contributed by atoms with Gasteiger partial charge in [-0.3, -0.25) is 9.59 Å². The average Bonchev–Trinajstić information content (AvgIpc) is 2.79. The van der Waals surface area contributed by atoms with E-state index >= 15 is 0 Å². The van der Waals surface area contributed by atoms with E-state index in [1.807, 2.05) is 41.3 Å². The molecule has 7 nitrogen and oxygen atoms in total. The predicted octanol–water partition coefficient (Wildman–Crippen LogP) is 2.60. The van der Waals surface area contributed by atoms with E-state index in [4.69, 9.17) is 4.74 Å². The fourth-order valence-corrected chi connectivity index (χ4v) is 3.84. The Labute approximate surface area is 175 Å². The molecular formula is C23H26N4O3. The van der Waals surface area contributed by atoms with Crippen LogP contribution in [0.1, 0.15) is 18.7 Å². The Morgan fingerprint density at radius 2 is 1.90 bits per heavy atom. The van der Waals surface area contributed by atoms with Crippen molar-refractivity contribution in [2.24, 2.45) is 0 Å². The highest BCUT2D eigenvalue weighted by atomic mass is 16.5. The normalized spacial score (nSPS) is 14.2. The minimum atomic E-state index is -0.129. The summed E-state index contributed by atoms with van der Waals surface area (Å²) in [5, 5.41) is 0.589. The molecule has 0 saturated carbocycles. The number of aromatic nitrogens is 2. The number of aromatic amines is 1. The second kappa shape index (κ2) is 8.98. The molecule has 7 heteroatoms. The van der Waals surface area contributed by atoms with Crippen LogP contribution in [-0.4, -0.2) is 54.1 Å². The molecule has 0 spiro atoms. The SMILES string of the molecule is COc1cccc(N2CCN(C(=O)CCCc3nc4ccccc4c(=O)[nH]3)CC2)c1. The van der Waals surface area contributed by atoms with Gasteiger partial charge in [0, 0.05) is 50.8 Å². The van der Waals surface area contributed by atoms with Crippen molar-refractivity contribution in [3.63, 3.8) is 0 Å². The van der Waals surface area contributed by atoms with Gasteiger partial charge in [-0.1, -0.05) is 18.2 Å². The van der Waals surface area contributed by atoms with E-state index in [2.05, 4.69) is 20.9 Å². The number of aryl methyl sites for hydroxylation is 1. The number of hydrogen-bond acceptors (Lipinski definition) is 5. The zero-order valence-corrected chi connectivity index (χ0v) is 17.1. The molecule has 1 aromatic heterocycles. The molecule has 156 valence electrons. The molecule has 30 heavy (non-hydrogen) atoms. The van der Waals surface area contributed by atoms with Gasteiger partial charge in [0.2, 0.25) is 5.91 Å². The molecule has 0 atom stereocenters. The van der Waals surface area contributed by atoms with E-state index in [9.17, 15) is 9.59 Å². The molecule has 0 aliphatic carbocycles. The topological polar surface area (TPSA) is 78.5 Å². The van der Waals surface area contributed by atoms with Gasteiger partial charge in [0.05, 0.1) is 18.0 Å². The summed E-state index contributed by atoms with van der Waals surface area (Å²) in [6.07, 6.45) is 1.70. The zero-order chi connectivity index (χ0) is 20.9. The first-order valence-electron chi connectivity index (χ1n) is 10.3. The molecule has 1 aliphatic heterocycles. The van der Waals surface area contributed by atoms with Crippen LogP contribution in [0.5, 0.6) is 5.75 Å². The average molecular weight is 406 g/mol. The Morgan fingerprint density at radius 1 is 1.10 bits per heavy atom. The largest absolute Gasteiger partial charge is 0.497 e. The summed E-state index contributed by atoms with van der Waals surface area (Å²) in [6.45, 7) is 3.03. The fourth-order valence-electron chi connectivity index (χ4n) is 3.84. The number of amides is 1. The summed E-state index contributed by atoms with van der Waals surface area (Å²) in [5.41, 5.74) is 1.68. The molecule has 4 rings (SSSR count). The van der Waals surface area contributed by atoms with Crippen molar-refractivity contribution in [3.8, 4) is 5.75 Å². The number of nitrogens with one attached hydrogen (secondary N) is 1. The fraction of sp³-hybridized carbons (Fsp3) is 0.348. The van der Waals surface area contributed by atoms with Gasteiger partial charge in [-0.15, -0.1) is 0 Å². The van der Waals surface area contributed by atoms with E-state index in [1.54, 1.807) is 13.2 Å². The number of carbonyl (C=O) groups is 1. The third kappa shape index (κ3) is 4.45. The maximum atomic E-state index is 12.6. The third-order valence-electron chi connectivity index (χ3n) is 5.52. The van der Waals surface area contributed by atoms with E-state index < -0.39 is 0 Å². The van der Waals surface area contributed by atoms with Gasteiger partial charge in [0.15, 0.2) is 0 Å². The van der Waals surface area contributed by atoms with Gasteiger partial charge in [-0.05, 0) is 30.7 Å². The van der Waals surface area contributed by atoms with Crippen molar-refractivity contribution in [3.05, 3.63) is 64.7 Å². The smallest absolute Gasteiger partial charge is 0.258 e. The van der Waals surface area contributed by atoms with Gasteiger partial charge in [-0.2, -0.15) is 0 Å². The molecule has 2 aromatic carbocycles. The predicted molar refractivity (Wildman–Crippen MR) is 117 cm³/mol. The minimum absolute atomic E-state index is 0.129. The van der Waals surface area contributed by atoms with E-state index in [-0.39, 0.29) is 11.5 Å². The highest BCUT2D eigenvalue weighted by molar-refractivity contribution is 5.77. The quantitative estimate of drug-likeness (QED) is 0.681. The highest BCUT2D eigenvalue weighted by Gasteiger charge is 2.21. The van der Waals surface area contributed by atoms with Crippen LogP contribution in [-0.2, 0) is 11.2 Å². The van der Waals surface area contributed by atoms with Crippen LogP contribution in [0.4, 0.5) is 5.69 Å². The summed E-state index contributed by atoms with van der Waals surface area (Å²) in [6, 6.07) is 15.3. The molecule has 2 heterocycles. The van der Waals surface area contributed by atoms with Gasteiger partial charge >= 0.3 is 0 Å². The number of rotatable bonds is 6. The van der Waals surface area contributed by atoms with Crippen LogP contribution in [0.25, 0.3) is 10.9 Å². The number of benzene rings is 2. The Hall–Kier alpha value is -3.35. The molecule has 1 aliphatic rings. The van der Waals surface area contributed by atoms with Crippen molar-refractivity contribution in [1.29, 1.82) is 0 Å². The molecule has 0 radical (unpaired) electrons. The zero-order valence-electron chi connectivity index (χ0n) is 17.1.